The van der Waals surface area contributed by atoms with Crippen molar-refractivity contribution in [1.82, 2.24) is 9.97 Å². The van der Waals surface area contributed by atoms with E-state index in [1.165, 1.54) is 0 Å². The molecule has 1 aliphatic carbocycles. The van der Waals surface area contributed by atoms with Gasteiger partial charge in [0.2, 0.25) is 0 Å². The molecule has 1 aliphatic rings. The van der Waals surface area contributed by atoms with E-state index in [0.717, 1.165) is 10.7 Å². The van der Waals surface area contributed by atoms with Crippen molar-refractivity contribution in [3.63, 3.8) is 0 Å². The number of anilines is 1. The Morgan fingerprint density at radius 3 is 2.15 bits per heavy atom. The number of rotatable bonds is 4. The maximum absolute atomic E-state index is 12.7. The number of nitrogens with one attached hydrogen (secondary N) is 1. The first kappa shape index (κ1) is 20.1. The van der Waals surface area contributed by atoms with Crippen molar-refractivity contribution in [3.8, 4) is 0 Å². The van der Waals surface area contributed by atoms with Crippen LogP contribution in [0.4, 0.5) is 19.0 Å². The molecule has 1 heterocycles. The summed E-state index contributed by atoms with van der Waals surface area (Å²) in [5.74, 6) is 0.252. The molecule has 0 aliphatic heterocycles. The highest BCUT2D eigenvalue weighted by atomic mass is 79.9. The van der Waals surface area contributed by atoms with E-state index in [-0.39, 0.29) is 11.9 Å². The second-order valence-electron chi connectivity index (χ2n) is 6.40. The molecule has 3 rings (SSSR count). The first-order valence-corrected chi connectivity index (χ1v) is 10.7. The summed E-state index contributed by atoms with van der Waals surface area (Å²) in [6.45, 7) is 0. The number of sulfone groups is 1. The Morgan fingerprint density at radius 2 is 1.63 bits per heavy atom. The topological polar surface area (TPSA) is 72.0 Å². The quantitative estimate of drug-likeness (QED) is 0.724. The van der Waals surface area contributed by atoms with E-state index in [1.54, 1.807) is 24.3 Å². The fourth-order valence-corrected chi connectivity index (χ4v) is 5.15. The molecule has 0 bridgehead atoms. The normalized spacial score (nSPS) is 21.0. The lowest BCUT2D eigenvalue weighted by Gasteiger charge is -2.29. The second kappa shape index (κ2) is 7.75. The molecule has 10 heteroatoms. The van der Waals surface area contributed by atoms with Crippen molar-refractivity contribution >= 4 is 31.6 Å². The fraction of sp³-hybridized carbons (Fsp3) is 0.412. The van der Waals surface area contributed by atoms with E-state index in [0.29, 0.717) is 36.8 Å². The smallest absolute Gasteiger partial charge is 0.366 e. The van der Waals surface area contributed by atoms with Crippen LogP contribution in [0.3, 0.4) is 0 Å². The number of nitrogens with zero attached hydrogens (tertiary/aromatic N) is 2. The van der Waals surface area contributed by atoms with Crippen LogP contribution >= 0.6 is 15.9 Å². The van der Waals surface area contributed by atoms with Crippen LogP contribution in [0, 0.1) is 0 Å². The van der Waals surface area contributed by atoms with E-state index in [1.807, 2.05) is 0 Å². The van der Waals surface area contributed by atoms with Crippen molar-refractivity contribution in [2.75, 3.05) is 5.32 Å². The predicted octanol–water partition coefficient (Wildman–Crippen LogP) is 4.45. The summed E-state index contributed by atoms with van der Waals surface area (Å²) in [7, 11) is -3.40. The van der Waals surface area contributed by atoms with Crippen LogP contribution in [-0.2, 0) is 16.0 Å². The van der Waals surface area contributed by atoms with Gasteiger partial charge in [-0.05, 0) is 49.9 Å². The van der Waals surface area contributed by atoms with Gasteiger partial charge in [-0.1, -0.05) is 15.9 Å². The maximum Gasteiger partial charge on any atom is 0.434 e. The lowest BCUT2D eigenvalue weighted by molar-refractivity contribution is -0.141. The van der Waals surface area contributed by atoms with Crippen molar-refractivity contribution in [2.24, 2.45) is 0 Å². The molecule has 0 spiro atoms. The Balaban J connectivity index is 1.59. The fourth-order valence-electron chi connectivity index (χ4n) is 3.09. The standard InChI is InChI=1S/C17H17BrF3N3O2S/c18-11-1-5-13(6-2-11)27(25,26)14-7-3-12(4-8-14)24-16-10-22-15(9-23-16)17(19,20)21/h1-2,5-6,9-10,12,14H,3-4,7-8H2,(H,23,24)/t12-,14-. The van der Waals surface area contributed by atoms with Crippen LogP contribution in [0.15, 0.2) is 46.0 Å². The average molecular weight is 464 g/mol. The van der Waals surface area contributed by atoms with Crippen molar-refractivity contribution in [3.05, 3.63) is 46.8 Å². The van der Waals surface area contributed by atoms with E-state index < -0.39 is 27.0 Å². The van der Waals surface area contributed by atoms with Gasteiger partial charge in [0.1, 0.15) is 5.82 Å². The first-order chi connectivity index (χ1) is 12.7. The molecular weight excluding hydrogens is 447 g/mol. The van der Waals surface area contributed by atoms with Gasteiger partial charge in [0.15, 0.2) is 15.5 Å². The summed E-state index contributed by atoms with van der Waals surface area (Å²) < 4.78 is 63.8. The monoisotopic (exact) mass is 463 g/mol. The third kappa shape index (κ3) is 4.78. The van der Waals surface area contributed by atoms with E-state index in [9.17, 15) is 21.6 Å². The SMILES string of the molecule is O=S(=O)(c1ccc(Br)cc1)[C@H]1CC[C@H](Nc2cnc(C(F)(F)F)cn2)CC1. The lowest BCUT2D eigenvalue weighted by atomic mass is 9.95. The molecule has 0 radical (unpaired) electrons. The Hall–Kier alpha value is -1.68. The molecule has 0 amide bonds. The van der Waals surface area contributed by atoms with Crippen LogP contribution in [0.25, 0.3) is 0 Å². The van der Waals surface area contributed by atoms with Gasteiger partial charge in [0.25, 0.3) is 0 Å². The van der Waals surface area contributed by atoms with Crippen molar-refractivity contribution in [2.45, 2.75) is 48.0 Å². The van der Waals surface area contributed by atoms with Crippen LogP contribution in [0.1, 0.15) is 31.4 Å². The molecule has 27 heavy (non-hydrogen) atoms. The number of alkyl halides is 3. The van der Waals surface area contributed by atoms with Gasteiger partial charge in [-0.15, -0.1) is 0 Å². The van der Waals surface area contributed by atoms with Gasteiger partial charge >= 0.3 is 6.18 Å². The molecule has 0 unspecified atom stereocenters. The molecule has 1 saturated carbocycles. The van der Waals surface area contributed by atoms with Gasteiger partial charge < -0.3 is 5.32 Å². The Labute approximate surface area is 163 Å². The van der Waals surface area contributed by atoms with Gasteiger partial charge in [0.05, 0.1) is 22.5 Å². The van der Waals surface area contributed by atoms with Crippen molar-refractivity contribution < 1.29 is 21.6 Å². The highest BCUT2D eigenvalue weighted by molar-refractivity contribution is 9.10. The van der Waals surface area contributed by atoms with E-state index >= 15 is 0 Å². The minimum absolute atomic E-state index is 0.0487. The second-order valence-corrected chi connectivity index (χ2v) is 9.55. The number of benzene rings is 1. The van der Waals surface area contributed by atoms with Crippen LogP contribution in [0.2, 0.25) is 0 Å². The van der Waals surface area contributed by atoms with Crippen LogP contribution in [0.5, 0.6) is 0 Å². The summed E-state index contributed by atoms with van der Waals surface area (Å²) in [6.07, 6.45) is -0.662. The molecule has 1 N–H and O–H groups in total. The summed E-state index contributed by atoms with van der Waals surface area (Å²) in [5.41, 5.74) is -1.04. The zero-order chi connectivity index (χ0) is 19.7. The van der Waals surface area contributed by atoms with E-state index in [4.69, 9.17) is 0 Å². The van der Waals surface area contributed by atoms with Crippen LogP contribution < -0.4 is 5.32 Å². The Kier molecular flexibility index (Phi) is 5.76. The summed E-state index contributed by atoms with van der Waals surface area (Å²) in [4.78, 5) is 7.41. The third-order valence-corrected chi connectivity index (χ3v) is 7.36. The molecule has 0 atom stereocenters. The minimum atomic E-state index is -4.52. The largest absolute Gasteiger partial charge is 0.434 e. The average Bonchev–Trinajstić information content (AvgIpc) is 2.62. The lowest BCUT2D eigenvalue weighted by Crippen LogP contribution is -2.33. The van der Waals surface area contributed by atoms with Crippen molar-refractivity contribution in [1.29, 1.82) is 0 Å². The van der Waals surface area contributed by atoms with Gasteiger partial charge in [0, 0.05) is 10.5 Å². The zero-order valence-electron chi connectivity index (χ0n) is 14.1. The number of aromatic nitrogens is 2. The summed E-state index contributed by atoms with van der Waals surface area (Å²) >= 11 is 3.29. The maximum atomic E-state index is 12.7. The predicted molar refractivity (Wildman–Crippen MR) is 98.0 cm³/mol. The molecule has 0 saturated heterocycles. The summed E-state index contributed by atoms with van der Waals surface area (Å²) in [5, 5.41) is 2.57. The first-order valence-electron chi connectivity index (χ1n) is 8.31. The summed E-state index contributed by atoms with van der Waals surface area (Å²) in [6, 6.07) is 6.52. The number of hydrogen-bond acceptors (Lipinski definition) is 5. The van der Waals surface area contributed by atoms with Gasteiger partial charge in [-0.25, -0.2) is 18.4 Å². The minimum Gasteiger partial charge on any atom is -0.366 e. The number of hydrogen-bond donors (Lipinski definition) is 1. The van der Waals surface area contributed by atoms with Gasteiger partial charge in [-0.3, -0.25) is 0 Å². The Morgan fingerprint density at radius 1 is 1.00 bits per heavy atom. The molecule has 2 aromatic rings. The highest BCUT2D eigenvalue weighted by Gasteiger charge is 2.34. The highest BCUT2D eigenvalue weighted by Crippen LogP contribution is 2.31. The molecule has 1 aromatic carbocycles. The third-order valence-electron chi connectivity index (χ3n) is 4.55. The molecule has 146 valence electrons. The van der Waals surface area contributed by atoms with Gasteiger partial charge in [-0.2, -0.15) is 13.2 Å². The van der Waals surface area contributed by atoms with Crippen LogP contribution in [-0.4, -0.2) is 29.7 Å². The van der Waals surface area contributed by atoms with E-state index in [2.05, 4.69) is 31.2 Å². The molecular formula is C17H17BrF3N3O2S. The Bertz CT molecular complexity index is 879. The molecule has 1 aromatic heterocycles. The molecule has 5 nitrogen and oxygen atoms in total. The molecule has 1 fully saturated rings. The number of halogens is 4. The zero-order valence-corrected chi connectivity index (χ0v) is 16.5.